The Morgan fingerprint density at radius 1 is 1.45 bits per heavy atom. The molecule has 2 nitrogen and oxygen atoms in total. The molecule has 0 rings (SSSR count). The number of hydrogen-bond donors (Lipinski definition) is 0. The summed E-state index contributed by atoms with van der Waals surface area (Å²) < 4.78 is 16.0. The van der Waals surface area contributed by atoms with E-state index in [0.717, 1.165) is 6.42 Å². The van der Waals surface area contributed by atoms with Crippen molar-refractivity contribution in [2.75, 3.05) is 12.9 Å². The van der Waals surface area contributed by atoms with E-state index in [2.05, 4.69) is 26.6 Å². The Bertz CT molecular complexity index is 197. The fourth-order valence-corrected chi connectivity index (χ4v) is 0.960. The van der Waals surface area contributed by atoms with Crippen molar-refractivity contribution in [3.63, 3.8) is 0 Å². The molecule has 0 bridgehead atoms. The zero-order valence-electron chi connectivity index (χ0n) is 7.85. The smallest absolute Gasteiger partial charge is 0.0741 e. The topological polar surface area (TPSA) is 26.3 Å². The molecule has 68 valence electrons. The summed E-state index contributed by atoms with van der Waals surface area (Å²) in [5.74, 6) is 3.40. The van der Waals surface area contributed by atoms with Gasteiger partial charge in [-0.15, -0.1) is 0 Å². The van der Waals surface area contributed by atoms with Crippen LogP contribution in [0.25, 0.3) is 0 Å². The highest BCUT2D eigenvalue weighted by Crippen LogP contribution is 2.18. The molecule has 1 atom stereocenters. The van der Waals surface area contributed by atoms with E-state index >= 15 is 0 Å². The molecule has 0 aliphatic rings. The Morgan fingerprint density at radius 2 is 1.91 bits per heavy atom. The molecule has 0 radical (unpaired) electrons. The van der Waals surface area contributed by atoms with Crippen molar-refractivity contribution < 1.29 is 8.39 Å². The van der Waals surface area contributed by atoms with E-state index in [0.29, 0.717) is 6.61 Å². The van der Waals surface area contributed by atoms with E-state index in [1.54, 1.807) is 0 Å². The molecular formula is C8H18O2S. The van der Waals surface area contributed by atoms with Crippen LogP contribution < -0.4 is 0 Å². The van der Waals surface area contributed by atoms with Gasteiger partial charge in [-0.2, -0.15) is 0 Å². The van der Waals surface area contributed by atoms with E-state index in [1.165, 1.54) is 6.26 Å². The highest BCUT2D eigenvalue weighted by molar-refractivity contribution is 7.95. The molecule has 11 heavy (non-hydrogen) atoms. The summed E-state index contributed by atoms with van der Waals surface area (Å²) in [5.41, 5.74) is 0.241. The van der Waals surface area contributed by atoms with Crippen LogP contribution in [0.5, 0.6) is 0 Å². The third-order valence-electron chi connectivity index (χ3n) is 1.18. The van der Waals surface area contributed by atoms with Gasteiger partial charge in [-0.3, -0.25) is 4.18 Å². The molecule has 0 aliphatic carbocycles. The van der Waals surface area contributed by atoms with Gasteiger partial charge in [0.1, 0.15) is 0 Å². The summed E-state index contributed by atoms with van der Waals surface area (Å²) in [5, 5.41) is 0. The Labute approximate surface area is 70.2 Å². The second-order valence-electron chi connectivity index (χ2n) is 4.06. The van der Waals surface area contributed by atoms with Crippen LogP contribution >= 0.6 is 0 Å². The lowest BCUT2D eigenvalue weighted by Gasteiger charge is -2.17. The second kappa shape index (κ2) is 3.59. The highest BCUT2D eigenvalue weighted by atomic mass is 32.2. The Kier molecular flexibility index (Phi) is 3.58. The van der Waals surface area contributed by atoms with E-state index in [4.69, 9.17) is 4.18 Å². The molecule has 0 saturated carbocycles. The first kappa shape index (κ1) is 11.0. The third-order valence-corrected chi connectivity index (χ3v) is 1.85. The monoisotopic (exact) mass is 178 g/mol. The number of rotatable bonds is 3. The van der Waals surface area contributed by atoms with Crippen LogP contribution in [0.3, 0.4) is 0 Å². The van der Waals surface area contributed by atoms with Crippen LogP contribution in [-0.2, 0) is 14.0 Å². The molecule has 0 N–H and O–H groups in total. The molecule has 1 unspecified atom stereocenters. The Balaban J connectivity index is 3.61. The molecule has 0 aromatic rings. The van der Waals surface area contributed by atoms with Crippen molar-refractivity contribution in [3.05, 3.63) is 0 Å². The van der Waals surface area contributed by atoms with E-state index in [1.807, 2.05) is 0 Å². The molecule has 0 amide bonds. The maximum absolute atomic E-state index is 10.9. The molecule has 0 aromatic heterocycles. The Morgan fingerprint density at radius 3 is 2.18 bits per heavy atom. The fraction of sp³-hybridized carbons (Fsp3) is 0.875. The summed E-state index contributed by atoms with van der Waals surface area (Å²) in [6.07, 6.45) is 2.42. The average Bonchev–Trinajstić information content (AvgIpc) is 1.55. The summed E-state index contributed by atoms with van der Waals surface area (Å²) in [6.45, 7) is 6.90. The standard InChI is InChI=1S/C8H18O2S/c1-8(2,3)6-7-10-11(4,5)9/h4,6-7H2,1-3,5H3. The zero-order chi connectivity index (χ0) is 9.12. The molecule has 3 heteroatoms. The van der Waals surface area contributed by atoms with Gasteiger partial charge >= 0.3 is 0 Å². The van der Waals surface area contributed by atoms with Crippen molar-refractivity contribution >= 4 is 15.7 Å². The van der Waals surface area contributed by atoms with Crippen LogP contribution in [0.2, 0.25) is 0 Å². The highest BCUT2D eigenvalue weighted by Gasteiger charge is 2.10. The second-order valence-corrected chi connectivity index (χ2v) is 6.15. The maximum atomic E-state index is 10.9. The van der Waals surface area contributed by atoms with Gasteiger partial charge in [-0.25, -0.2) is 4.21 Å². The minimum Gasteiger partial charge on any atom is -0.298 e. The largest absolute Gasteiger partial charge is 0.298 e. The molecule has 0 aliphatic heterocycles. The predicted molar refractivity (Wildman–Crippen MR) is 51.2 cm³/mol. The van der Waals surface area contributed by atoms with Gasteiger partial charge < -0.3 is 0 Å². The minimum atomic E-state index is -2.25. The zero-order valence-corrected chi connectivity index (χ0v) is 8.66. The lowest BCUT2D eigenvalue weighted by Crippen LogP contribution is -2.12. The first-order chi connectivity index (χ1) is 4.71. The summed E-state index contributed by atoms with van der Waals surface area (Å²) in [4.78, 5) is 0. The maximum Gasteiger partial charge on any atom is 0.0741 e. The van der Waals surface area contributed by atoms with Gasteiger partial charge in [-0.1, -0.05) is 20.8 Å². The van der Waals surface area contributed by atoms with E-state index in [9.17, 15) is 4.21 Å². The molecule has 0 fully saturated rings. The lowest BCUT2D eigenvalue weighted by atomic mass is 9.93. The van der Waals surface area contributed by atoms with Gasteiger partial charge in [0, 0.05) is 6.26 Å². The average molecular weight is 178 g/mol. The number of hydrogen-bond acceptors (Lipinski definition) is 2. The first-order valence-corrected chi connectivity index (χ1v) is 5.73. The first-order valence-electron chi connectivity index (χ1n) is 3.67. The van der Waals surface area contributed by atoms with Crippen LogP contribution in [0.1, 0.15) is 27.2 Å². The van der Waals surface area contributed by atoms with Crippen LogP contribution in [0.4, 0.5) is 0 Å². The van der Waals surface area contributed by atoms with E-state index in [-0.39, 0.29) is 5.41 Å². The normalized spacial score (nSPS) is 17.8. The molecule has 0 spiro atoms. The van der Waals surface area contributed by atoms with Crippen molar-refractivity contribution in [1.82, 2.24) is 0 Å². The van der Waals surface area contributed by atoms with Crippen LogP contribution in [-0.4, -0.2) is 22.9 Å². The molecule has 0 saturated heterocycles. The van der Waals surface area contributed by atoms with Gasteiger partial charge in [0.25, 0.3) is 0 Å². The fourth-order valence-electron chi connectivity index (χ4n) is 0.524. The predicted octanol–water partition coefficient (Wildman–Crippen LogP) is 1.70. The van der Waals surface area contributed by atoms with E-state index < -0.39 is 9.80 Å². The van der Waals surface area contributed by atoms with Crippen LogP contribution in [0, 0.1) is 5.41 Å². The lowest BCUT2D eigenvalue weighted by molar-refractivity contribution is 0.260. The summed E-state index contributed by atoms with van der Waals surface area (Å²) in [6, 6.07) is 0. The van der Waals surface area contributed by atoms with Gasteiger partial charge in [0.15, 0.2) is 0 Å². The summed E-state index contributed by atoms with van der Waals surface area (Å²) >= 11 is 0. The molecule has 0 aromatic carbocycles. The third kappa shape index (κ3) is 9.98. The van der Waals surface area contributed by atoms with Crippen molar-refractivity contribution in [1.29, 1.82) is 0 Å². The SMILES string of the molecule is C=S(C)(=O)OCCC(C)(C)C. The molecule has 0 heterocycles. The summed E-state index contributed by atoms with van der Waals surface area (Å²) in [7, 11) is -2.25. The van der Waals surface area contributed by atoms with Crippen molar-refractivity contribution in [2.24, 2.45) is 5.41 Å². The van der Waals surface area contributed by atoms with Crippen LogP contribution in [0.15, 0.2) is 0 Å². The van der Waals surface area contributed by atoms with Crippen molar-refractivity contribution in [2.45, 2.75) is 27.2 Å². The minimum absolute atomic E-state index is 0.241. The van der Waals surface area contributed by atoms with Crippen molar-refractivity contribution in [3.8, 4) is 0 Å². The Hall–Kier alpha value is -0.0200. The van der Waals surface area contributed by atoms with Gasteiger partial charge in [0.05, 0.1) is 16.4 Å². The quantitative estimate of drug-likeness (QED) is 0.615. The van der Waals surface area contributed by atoms with Gasteiger partial charge in [0.2, 0.25) is 0 Å². The van der Waals surface area contributed by atoms with Gasteiger partial charge in [-0.05, 0) is 17.7 Å². The molecular weight excluding hydrogens is 160 g/mol.